The largest absolute Gasteiger partial charge is 0.494 e. The van der Waals surface area contributed by atoms with E-state index in [-0.39, 0.29) is 0 Å². The van der Waals surface area contributed by atoms with Gasteiger partial charge in [-0.3, -0.25) is 0 Å². The number of aryl methyl sites for hydroxylation is 1. The minimum absolute atomic E-state index is 0.537. The molecule has 0 unspecified atom stereocenters. The number of hydrogen-bond acceptors (Lipinski definition) is 3. The normalized spacial score (nSPS) is 10.9. The fourth-order valence-corrected chi connectivity index (χ4v) is 2.47. The number of nitrogens with two attached hydrogens (primary N) is 1. The molecule has 2 heterocycles. The van der Waals surface area contributed by atoms with Crippen molar-refractivity contribution in [2.75, 3.05) is 6.61 Å². The van der Waals surface area contributed by atoms with Gasteiger partial charge in [-0.05, 0) is 36.2 Å². The summed E-state index contributed by atoms with van der Waals surface area (Å²) < 4.78 is 7.87. The highest BCUT2D eigenvalue weighted by Gasteiger charge is 2.07. The Labute approximate surface area is 124 Å². The Kier molecular flexibility index (Phi) is 4.17. The smallest absolute Gasteiger partial charge is 0.140 e. The Balaban J connectivity index is 1.63. The average molecular weight is 281 g/mol. The van der Waals surface area contributed by atoms with Crippen LogP contribution in [0.25, 0.3) is 11.0 Å². The third-order valence-corrected chi connectivity index (χ3v) is 3.49. The van der Waals surface area contributed by atoms with Gasteiger partial charge in [0.1, 0.15) is 11.4 Å². The fraction of sp³-hybridized carbons (Fsp3) is 0.235. The number of benzene rings is 1. The second kappa shape index (κ2) is 6.41. The van der Waals surface area contributed by atoms with Gasteiger partial charge in [-0.2, -0.15) is 0 Å². The minimum Gasteiger partial charge on any atom is -0.494 e. The van der Waals surface area contributed by atoms with E-state index in [1.54, 1.807) is 0 Å². The van der Waals surface area contributed by atoms with E-state index in [0.717, 1.165) is 35.3 Å². The molecule has 4 heteroatoms. The lowest BCUT2D eigenvalue weighted by Gasteiger charge is -2.07. The second-order valence-corrected chi connectivity index (χ2v) is 4.94. The van der Waals surface area contributed by atoms with Crippen LogP contribution in [0, 0.1) is 0 Å². The molecule has 21 heavy (non-hydrogen) atoms. The van der Waals surface area contributed by atoms with Crippen molar-refractivity contribution in [3.63, 3.8) is 0 Å². The highest BCUT2D eigenvalue weighted by Crippen LogP contribution is 2.19. The molecule has 108 valence electrons. The third kappa shape index (κ3) is 3.06. The molecule has 4 nitrogen and oxygen atoms in total. The number of aromatic nitrogens is 2. The minimum atomic E-state index is 0.537. The Morgan fingerprint density at radius 3 is 2.76 bits per heavy atom. The topological polar surface area (TPSA) is 53.1 Å². The van der Waals surface area contributed by atoms with Crippen molar-refractivity contribution in [3.05, 3.63) is 60.4 Å². The summed E-state index contributed by atoms with van der Waals surface area (Å²) in [6.07, 6.45) is 4.85. The maximum absolute atomic E-state index is 5.79. The van der Waals surface area contributed by atoms with E-state index >= 15 is 0 Å². The van der Waals surface area contributed by atoms with Crippen LogP contribution in [0.5, 0.6) is 5.75 Å². The van der Waals surface area contributed by atoms with Gasteiger partial charge in [-0.1, -0.05) is 18.2 Å². The number of pyridine rings is 1. The standard InChI is InChI=1S/C17H19N3O/c18-12-14-13-20(17-16(14)8-4-9-19-17)10-5-11-21-15-6-2-1-3-7-15/h1-4,6-9,13H,5,10-12,18H2. The molecule has 1 aromatic carbocycles. The molecule has 0 amide bonds. The SMILES string of the molecule is NCc1cn(CCCOc2ccccc2)c2ncccc12. The van der Waals surface area contributed by atoms with Gasteiger partial charge in [-0.15, -0.1) is 0 Å². The van der Waals surface area contributed by atoms with Gasteiger partial charge in [0.25, 0.3) is 0 Å². The van der Waals surface area contributed by atoms with Gasteiger partial charge in [0, 0.05) is 30.9 Å². The lowest BCUT2D eigenvalue weighted by Crippen LogP contribution is -2.04. The monoisotopic (exact) mass is 281 g/mol. The number of fused-ring (bicyclic) bond motifs is 1. The predicted octanol–water partition coefficient (Wildman–Crippen LogP) is 2.96. The first kappa shape index (κ1) is 13.6. The van der Waals surface area contributed by atoms with E-state index in [1.807, 2.05) is 42.6 Å². The van der Waals surface area contributed by atoms with Gasteiger partial charge in [0.2, 0.25) is 0 Å². The molecule has 0 fully saturated rings. The molecule has 3 aromatic rings. The first-order valence-electron chi connectivity index (χ1n) is 7.19. The first-order chi connectivity index (χ1) is 10.4. The lowest BCUT2D eigenvalue weighted by molar-refractivity contribution is 0.302. The second-order valence-electron chi connectivity index (χ2n) is 4.94. The molecule has 2 aromatic heterocycles. The zero-order valence-electron chi connectivity index (χ0n) is 11.9. The molecule has 2 N–H and O–H groups in total. The van der Waals surface area contributed by atoms with Crippen molar-refractivity contribution >= 4 is 11.0 Å². The van der Waals surface area contributed by atoms with Crippen LogP contribution in [0.15, 0.2) is 54.9 Å². The van der Waals surface area contributed by atoms with Crippen molar-refractivity contribution in [1.82, 2.24) is 9.55 Å². The van der Waals surface area contributed by atoms with Gasteiger partial charge in [0.15, 0.2) is 0 Å². The Hall–Kier alpha value is -2.33. The first-order valence-corrected chi connectivity index (χ1v) is 7.19. The van der Waals surface area contributed by atoms with E-state index < -0.39 is 0 Å². The zero-order chi connectivity index (χ0) is 14.5. The van der Waals surface area contributed by atoms with Gasteiger partial charge < -0.3 is 15.0 Å². The predicted molar refractivity (Wildman–Crippen MR) is 84.2 cm³/mol. The maximum Gasteiger partial charge on any atom is 0.140 e. The van der Waals surface area contributed by atoms with E-state index in [1.165, 1.54) is 0 Å². The summed E-state index contributed by atoms with van der Waals surface area (Å²) in [7, 11) is 0. The van der Waals surface area contributed by atoms with Gasteiger partial charge in [0.05, 0.1) is 6.61 Å². The summed E-state index contributed by atoms with van der Waals surface area (Å²) >= 11 is 0. The zero-order valence-corrected chi connectivity index (χ0v) is 11.9. The highest BCUT2D eigenvalue weighted by atomic mass is 16.5. The summed E-state index contributed by atoms with van der Waals surface area (Å²) in [6.45, 7) is 2.10. The molecule has 0 aliphatic rings. The van der Waals surface area contributed by atoms with Crippen molar-refractivity contribution in [2.45, 2.75) is 19.5 Å². The fourth-order valence-electron chi connectivity index (χ4n) is 2.47. The maximum atomic E-state index is 5.79. The van der Waals surface area contributed by atoms with Crippen LogP contribution in [0.3, 0.4) is 0 Å². The lowest BCUT2D eigenvalue weighted by atomic mass is 10.2. The molecule has 0 aliphatic carbocycles. The summed E-state index contributed by atoms with van der Waals surface area (Å²) in [5.74, 6) is 0.913. The summed E-state index contributed by atoms with van der Waals surface area (Å²) in [5, 5.41) is 1.14. The van der Waals surface area contributed by atoms with Gasteiger partial charge in [-0.25, -0.2) is 4.98 Å². The van der Waals surface area contributed by atoms with Crippen LogP contribution < -0.4 is 10.5 Å². The third-order valence-electron chi connectivity index (χ3n) is 3.49. The van der Waals surface area contributed by atoms with Crippen LogP contribution >= 0.6 is 0 Å². The van der Waals surface area contributed by atoms with E-state index in [0.29, 0.717) is 13.2 Å². The number of para-hydroxylation sites is 1. The van der Waals surface area contributed by atoms with Crippen LogP contribution in [0.4, 0.5) is 0 Å². The van der Waals surface area contributed by atoms with Crippen LogP contribution in [0.2, 0.25) is 0 Å². The molecule has 3 rings (SSSR count). The molecular weight excluding hydrogens is 262 g/mol. The summed E-state index contributed by atoms with van der Waals surface area (Å²) in [6, 6.07) is 13.9. The molecule has 0 saturated heterocycles. The van der Waals surface area contributed by atoms with Crippen molar-refractivity contribution in [3.8, 4) is 5.75 Å². The van der Waals surface area contributed by atoms with Crippen LogP contribution in [0.1, 0.15) is 12.0 Å². The number of rotatable bonds is 6. The summed E-state index contributed by atoms with van der Waals surface area (Å²) in [5.41, 5.74) is 7.93. The quantitative estimate of drug-likeness (QED) is 0.707. The molecule has 0 spiro atoms. The van der Waals surface area contributed by atoms with E-state index in [9.17, 15) is 0 Å². The highest BCUT2D eigenvalue weighted by molar-refractivity contribution is 5.80. The van der Waals surface area contributed by atoms with Crippen LogP contribution in [-0.2, 0) is 13.1 Å². The van der Waals surface area contributed by atoms with Crippen LogP contribution in [-0.4, -0.2) is 16.2 Å². The molecule has 0 saturated carbocycles. The Morgan fingerprint density at radius 2 is 1.95 bits per heavy atom. The van der Waals surface area contributed by atoms with Crippen molar-refractivity contribution in [2.24, 2.45) is 5.73 Å². The van der Waals surface area contributed by atoms with Crippen molar-refractivity contribution < 1.29 is 4.74 Å². The number of nitrogens with zero attached hydrogens (tertiary/aromatic N) is 2. The number of ether oxygens (including phenoxy) is 1. The molecule has 0 atom stereocenters. The molecule has 0 aliphatic heterocycles. The van der Waals surface area contributed by atoms with Crippen molar-refractivity contribution in [1.29, 1.82) is 0 Å². The van der Waals surface area contributed by atoms with E-state index in [4.69, 9.17) is 10.5 Å². The Morgan fingerprint density at radius 1 is 1.10 bits per heavy atom. The molecular formula is C17H19N3O. The Bertz CT molecular complexity index is 706. The van der Waals surface area contributed by atoms with E-state index in [2.05, 4.69) is 21.8 Å². The molecule has 0 radical (unpaired) electrons. The average Bonchev–Trinajstić information content (AvgIpc) is 2.91. The summed E-state index contributed by atoms with van der Waals surface area (Å²) in [4.78, 5) is 4.45. The molecule has 0 bridgehead atoms. The van der Waals surface area contributed by atoms with Gasteiger partial charge >= 0.3 is 0 Å². The number of hydrogen-bond donors (Lipinski definition) is 1.